The fourth-order valence-electron chi connectivity index (χ4n) is 1.75. The zero-order valence-electron chi connectivity index (χ0n) is 9.49. The van der Waals surface area contributed by atoms with Crippen LogP contribution in [-0.4, -0.2) is 7.05 Å². The van der Waals surface area contributed by atoms with E-state index >= 15 is 0 Å². The van der Waals surface area contributed by atoms with Crippen molar-refractivity contribution in [2.45, 2.75) is 11.9 Å². The van der Waals surface area contributed by atoms with Crippen molar-refractivity contribution < 1.29 is 0 Å². The summed E-state index contributed by atoms with van der Waals surface area (Å²) in [6.45, 7) is 0.944. The van der Waals surface area contributed by atoms with Crippen molar-refractivity contribution in [2.24, 2.45) is 0 Å². The lowest BCUT2D eigenvalue weighted by Gasteiger charge is -2.22. The number of hydrogen-bond donors (Lipinski definition) is 0. The summed E-state index contributed by atoms with van der Waals surface area (Å²) in [5.74, 6) is 0. The van der Waals surface area contributed by atoms with Gasteiger partial charge in [0.15, 0.2) is 0 Å². The third-order valence-electron chi connectivity index (χ3n) is 2.60. The molecule has 1 heterocycles. The maximum atomic E-state index is 3.54. The van der Waals surface area contributed by atoms with Gasteiger partial charge < -0.3 is 4.90 Å². The van der Waals surface area contributed by atoms with E-state index in [1.54, 1.807) is 11.3 Å². The largest absolute Gasteiger partial charge is 0.370 e. The second-order valence-corrected chi connectivity index (χ2v) is 6.15. The fraction of sp³-hybridized carbons (Fsp3) is 0.231. The van der Waals surface area contributed by atoms with Crippen molar-refractivity contribution in [3.63, 3.8) is 0 Å². The van der Waals surface area contributed by atoms with Gasteiger partial charge in [-0.3, -0.25) is 0 Å². The van der Waals surface area contributed by atoms with Crippen molar-refractivity contribution in [2.75, 3.05) is 11.9 Å². The topological polar surface area (TPSA) is 3.24 Å². The summed E-state index contributed by atoms with van der Waals surface area (Å²) < 4.78 is 1.12. The molecule has 0 aliphatic rings. The molecule has 0 radical (unpaired) electrons. The van der Waals surface area contributed by atoms with Crippen LogP contribution in [0.1, 0.15) is 11.1 Å². The minimum Gasteiger partial charge on any atom is -0.370 e. The average Bonchev–Trinajstić information content (AvgIpc) is 2.81. The van der Waals surface area contributed by atoms with Gasteiger partial charge in [0.05, 0.1) is 0 Å². The predicted molar refractivity (Wildman–Crippen MR) is 83.2 cm³/mol. The fourth-order valence-corrected chi connectivity index (χ4v) is 3.23. The van der Waals surface area contributed by atoms with E-state index in [9.17, 15) is 0 Å². The summed E-state index contributed by atoms with van der Waals surface area (Å²) >= 11 is 8.82. The summed E-state index contributed by atoms with van der Waals surface area (Å²) in [5.41, 5.74) is 3.94. The van der Waals surface area contributed by atoms with Gasteiger partial charge in [0.25, 0.3) is 0 Å². The SMILES string of the molecule is CN(Cc1ccsc1)c1cc(Br)ccc1CBr. The first-order chi connectivity index (χ1) is 8.20. The molecular weight excluding hydrogens is 362 g/mol. The van der Waals surface area contributed by atoms with Crippen LogP contribution >= 0.6 is 43.2 Å². The number of rotatable bonds is 4. The lowest BCUT2D eigenvalue weighted by atomic mass is 10.2. The summed E-state index contributed by atoms with van der Waals surface area (Å²) in [4.78, 5) is 2.28. The summed E-state index contributed by atoms with van der Waals surface area (Å²) in [6, 6.07) is 8.58. The van der Waals surface area contributed by atoms with Gasteiger partial charge in [-0.25, -0.2) is 0 Å². The molecule has 17 heavy (non-hydrogen) atoms. The summed E-state index contributed by atoms with van der Waals surface area (Å²) in [5, 5.41) is 5.20. The normalized spacial score (nSPS) is 10.5. The Bertz CT molecular complexity index is 482. The van der Waals surface area contributed by atoms with Crippen LogP contribution in [0.4, 0.5) is 5.69 Å². The third kappa shape index (κ3) is 3.33. The Hall–Kier alpha value is -0.320. The monoisotopic (exact) mass is 373 g/mol. The minimum atomic E-state index is 0.879. The van der Waals surface area contributed by atoms with Gasteiger partial charge in [0.2, 0.25) is 0 Å². The molecule has 0 aliphatic carbocycles. The molecule has 4 heteroatoms. The maximum absolute atomic E-state index is 3.54. The average molecular weight is 375 g/mol. The number of halogens is 2. The van der Waals surface area contributed by atoms with Crippen molar-refractivity contribution in [1.29, 1.82) is 0 Å². The molecule has 0 N–H and O–H groups in total. The van der Waals surface area contributed by atoms with Crippen LogP contribution in [0.15, 0.2) is 39.5 Å². The smallest absolute Gasteiger partial charge is 0.0434 e. The van der Waals surface area contributed by atoms with Crippen LogP contribution in [0.3, 0.4) is 0 Å². The van der Waals surface area contributed by atoms with Crippen LogP contribution in [-0.2, 0) is 11.9 Å². The molecule has 0 aliphatic heterocycles. The number of benzene rings is 1. The van der Waals surface area contributed by atoms with E-state index in [0.29, 0.717) is 0 Å². The Kier molecular flexibility index (Phi) is 4.65. The van der Waals surface area contributed by atoms with Gasteiger partial charge in [-0.1, -0.05) is 37.9 Å². The molecule has 0 fully saturated rings. The molecule has 2 rings (SSSR count). The van der Waals surface area contributed by atoms with Gasteiger partial charge in [0.1, 0.15) is 0 Å². The standard InChI is InChI=1S/C13H13Br2NS/c1-16(8-10-4-5-17-9-10)13-6-12(15)3-2-11(13)7-14/h2-6,9H,7-8H2,1H3. The van der Waals surface area contributed by atoms with E-state index in [-0.39, 0.29) is 0 Å². The van der Waals surface area contributed by atoms with Crippen molar-refractivity contribution in [3.05, 3.63) is 50.6 Å². The third-order valence-corrected chi connectivity index (χ3v) is 4.43. The van der Waals surface area contributed by atoms with Crippen molar-refractivity contribution >= 4 is 48.9 Å². The van der Waals surface area contributed by atoms with E-state index in [0.717, 1.165) is 16.3 Å². The van der Waals surface area contributed by atoms with Crippen LogP contribution in [0.2, 0.25) is 0 Å². The number of nitrogens with zero attached hydrogens (tertiary/aromatic N) is 1. The molecule has 0 spiro atoms. The molecule has 1 aromatic carbocycles. The highest BCUT2D eigenvalue weighted by Crippen LogP contribution is 2.27. The zero-order valence-corrected chi connectivity index (χ0v) is 13.5. The highest BCUT2D eigenvalue weighted by atomic mass is 79.9. The second-order valence-electron chi connectivity index (χ2n) is 3.89. The first-order valence-corrected chi connectivity index (χ1v) is 8.13. The molecule has 0 unspecified atom stereocenters. The summed E-state index contributed by atoms with van der Waals surface area (Å²) in [6.07, 6.45) is 0. The van der Waals surface area contributed by atoms with Crippen LogP contribution in [0.25, 0.3) is 0 Å². The lowest BCUT2D eigenvalue weighted by Crippen LogP contribution is -2.17. The molecule has 0 amide bonds. The Labute approximate surface area is 123 Å². The van der Waals surface area contributed by atoms with Crippen molar-refractivity contribution in [1.82, 2.24) is 0 Å². The highest BCUT2D eigenvalue weighted by Gasteiger charge is 2.08. The molecular formula is C13H13Br2NS. The maximum Gasteiger partial charge on any atom is 0.0434 e. The van der Waals surface area contributed by atoms with E-state index in [1.807, 2.05) is 0 Å². The van der Waals surface area contributed by atoms with Gasteiger partial charge in [-0.05, 0) is 40.1 Å². The highest BCUT2D eigenvalue weighted by molar-refractivity contribution is 9.10. The molecule has 90 valence electrons. The quantitative estimate of drug-likeness (QED) is 0.677. The van der Waals surface area contributed by atoms with E-state index in [4.69, 9.17) is 0 Å². The number of hydrogen-bond acceptors (Lipinski definition) is 2. The Morgan fingerprint density at radius 1 is 1.29 bits per heavy atom. The molecule has 2 aromatic rings. The van der Waals surface area contributed by atoms with Crippen LogP contribution in [0, 0.1) is 0 Å². The van der Waals surface area contributed by atoms with Crippen LogP contribution in [0.5, 0.6) is 0 Å². The lowest BCUT2D eigenvalue weighted by molar-refractivity contribution is 0.920. The molecule has 0 atom stereocenters. The van der Waals surface area contributed by atoms with E-state index < -0.39 is 0 Å². The molecule has 0 saturated carbocycles. The first-order valence-electron chi connectivity index (χ1n) is 5.27. The van der Waals surface area contributed by atoms with Gasteiger partial charge in [-0.2, -0.15) is 11.3 Å². The number of anilines is 1. The second kappa shape index (κ2) is 6.03. The zero-order chi connectivity index (χ0) is 12.3. The first kappa shape index (κ1) is 13.1. The van der Waals surface area contributed by atoms with Crippen molar-refractivity contribution in [3.8, 4) is 0 Å². The van der Waals surface area contributed by atoms with E-state index in [2.05, 4.69) is 78.8 Å². The number of thiophene rings is 1. The molecule has 1 nitrogen and oxygen atoms in total. The predicted octanol–water partition coefficient (Wildman–Crippen LogP) is 5.04. The Balaban J connectivity index is 2.23. The van der Waals surface area contributed by atoms with Gasteiger partial charge >= 0.3 is 0 Å². The minimum absolute atomic E-state index is 0.879. The molecule has 0 saturated heterocycles. The van der Waals surface area contributed by atoms with Gasteiger partial charge in [-0.15, -0.1) is 0 Å². The molecule has 1 aromatic heterocycles. The van der Waals surface area contributed by atoms with Crippen LogP contribution < -0.4 is 4.90 Å². The Morgan fingerprint density at radius 2 is 2.12 bits per heavy atom. The van der Waals surface area contributed by atoms with E-state index in [1.165, 1.54) is 16.8 Å². The summed E-state index contributed by atoms with van der Waals surface area (Å²) in [7, 11) is 2.13. The molecule has 0 bridgehead atoms. The van der Waals surface area contributed by atoms with Gasteiger partial charge in [0, 0.05) is 29.1 Å². The Morgan fingerprint density at radius 3 is 2.76 bits per heavy atom. The number of alkyl halides is 1.